The lowest BCUT2D eigenvalue weighted by atomic mass is 9.87. The lowest BCUT2D eigenvalue weighted by molar-refractivity contribution is 0.0946. The summed E-state index contributed by atoms with van der Waals surface area (Å²) in [6.07, 6.45) is 2.50. The van der Waals surface area contributed by atoms with Gasteiger partial charge >= 0.3 is 0 Å². The van der Waals surface area contributed by atoms with Gasteiger partial charge in [0.1, 0.15) is 6.29 Å². The number of nitrogens with two attached hydrogens (primary N) is 1. The Morgan fingerprint density at radius 1 is 0.644 bits per heavy atom. The van der Waals surface area contributed by atoms with Crippen LogP contribution in [0.2, 0.25) is 0 Å². The number of hydrazine groups is 1. The van der Waals surface area contributed by atoms with E-state index in [1.165, 1.54) is 11.1 Å². The van der Waals surface area contributed by atoms with Crippen LogP contribution in [0.25, 0.3) is 0 Å². The van der Waals surface area contributed by atoms with Crippen LogP contribution in [-0.4, -0.2) is 24.3 Å². The molecular formula is C38H46N4O3. The largest absolute Gasteiger partial charge is 0.298 e. The second-order valence-electron chi connectivity index (χ2n) is 12.8. The molecule has 0 aliphatic rings. The van der Waals surface area contributed by atoms with Gasteiger partial charge in [0, 0.05) is 16.7 Å². The van der Waals surface area contributed by atoms with Gasteiger partial charge in [-0.05, 0) is 71.7 Å². The Kier molecular flexibility index (Phi) is 13.6. The van der Waals surface area contributed by atoms with Gasteiger partial charge in [-0.15, -0.1) is 0 Å². The first-order valence-electron chi connectivity index (χ1n) is 14.8. The number of hydrogen-bond donors (Lipinski definition) is 3. The van der Waals surface area contributed by atoms with E-state index >= 15 is 0 Å². The highest BCUT2D eigenvalue weighted by molar-refractivity contribution is 5.95. The summed E-state index contributed by atoms with van der Waals surface area (Å²) in [4.78, 5) is 33.3. The lowest BCUT2D eigenvalue weighted by Crippen LogP contribution is -2.30. The zero-order valence-electron chi connectivity index (χ0n) is 27.6. The molecule has 0 saturated heterocycles. The maximum atomic E-state index is 12.0. The predicted molar refractivity (Wildman–Crippen MR) is 185 cm³/mol. The van der Waals surface area contributed by atoms with Crippen LogP contribution in [0.1, 0.15) is 100 Å². The monoisotopic (exact) mass is 606 g/mol. The molecule has 0 bridgehead atoms. The number of carbonyl (C=O) groups is 3. The van der Waals surface area contributed by atoms with E-state index in [2.05, 4.69) is 57.5 Å². The first kappa shape index (κ1) is 36.3. The van der Waals surface area contributed by atoms with Gasteiger partial charge in [0.15, 0.2) is 0 Å². The number of hydrogen-bond acceptors (Lipinski definition) is 5. The topological polar surface area (TPSA) is 114 Å². The Morgan fingerprint density at radius 2 is 1.07 bits per heavy atom. The summed E-state index contributed by atoms with van der Waals surface area (Å²) in [6.45, 7) is 16.8. The van der Waals surface area contributed by atoms with Crippen LogP contribution in [0.4, 0.5) is 0 Å². The Bertz CT molecular complexity index is 1580. The molecule has 0 atom stereocenters. The number of nitrogens with zero attached hydrogens (tertiary/aromatic N) is 1. The highest BCUT2D eigenvalue weighted by Gasteiger charge is 2.15. The number of aldehydes is 1. The van der Waals surface area contributed by atoms with Gasteiger partial charge in [-0.3, -0.25) is 19.8 Å². The molecular weight excluding hydrogens is 560 g/mol. The number of rotatable bonds is 5. The second-order valence-corrected chi connectivity index (χ2v) is 12.8. The van der Waals surface area contributed by atoms with Crippen molar-refractivity contribution in [1.82, 2.24) is 10.9 Å². The molecule has 236 valence electrons. The zero-order chi connectivity index (χ0) is 33.6. The minimum atomic E-state index is -0.259. The minimum Gasteiger partial charge on any atom is -0.298 e. The van der Waals surface area contributed by atoms with Crippen LogP contribution < -0.4 is 16.7 Å². The highest BCUT2D eigenvalue weighted by Crippen LogP contribution is 2.23. The fraction of sp³-hybridized carbons (Fsp3) is 0.263. The molecule has 4 aromatic rings. The second kappa shape index (κ2) is 16.8. The van der Waals surface area contributed by atoms with Crippen molar-refractivity contribution in [3.8, 4) is 0 Å². The summed E-state index contributed by atoms with van der Waals surface area (Å²) in [7, 11) is 0. The van der Waals surface area contributed by atoms with Gasteiger partial charge in [0.25, 0.3) is 11.8 Å². The minimum absolute atomic E-state index is 0.0817. The molecule has 2 amide bonds. The van der Waals surface area contributed by atoms with Gasteiger partial charge in [-0.25, -0.2) is 11.3 Å². The molecule has 4 aromatic carbocycles. The Labute approximate surface area is 267 Å². The van der Waals surface area contributed by atoms with Crippen LogP contribution in [0.3, 0.4) is 0 Å². The van der Waals surface area contributed by atoms with Gasteiger partial charge in [0.2, 0.25) is 0 Å². The third kappa shape index (κ3) is 12.7. The molecule has 0 unspecified atom stereocenters. The molecule has 0 spiro atoms. The number of nitrogen functional groups attached to an aromatic ring is 1. The Hall–Kier alpha value is -4.88. The predicted octanol–water partition coefficient (Wildman–Crippen LogP) is 7.45. The van der Waals surface area contributed by atoms with Crippen molar-refractivity contribution in [3.63, 3.8) is 0 Å². The summed E-state index contributed by atoms with van der Waals surface area (Å²) in [6, 6.07) is 30.5. The average molecular weight is 607 g/mol. The van der Waals surface area contributed by atoms with Gasteiger partial charge in [0.05, 0.1) is 6.21 Å². The van der Waals surface area contributed by atoms with Gasteiger partial charge < -0.3 is 0 Å². The lowest BCUT2D eigenvalue weighted by Gasteiger charge is -2.18. The summed E-state index contributed by atoms with van der Waals surface area (Å²) in [5, 5.41) is 4.01. The molecule has 45 heavy (non-hydrogen) atoms. The third-order valence-electron chi connectivity index (χ3n) is 6.76. The summed E-state index contributed by atoms with van der Waals surface area (Å²) in [5.41, 5.74) is 12.4. The van der Waals surface area contributed by atoms with Crippen molar-refractivity contribution >= 4 is 24.3 Å². The van der Waals surface area contributed by atoms with Crippen LogP contribution in [0, 0.1) is 13.8 Å². The molecule has 7 heteroatoms. The molecule has 4 N–H and O–H groups in total. The van der Waals surface area contributed by atoms with E-state index in [9.17, 15) is 14.4 Å². The first-order valence-corrected chi connectivity index (χ1v) is 14.8. The van der Waals surface area contributed by atoms with E-state index in [-0.39, 0.29) is 22.6 Å². The van der Waals surface area contributed by atoms with E-state index < -0.39 is 0 Å². The SMILES string of the molecule is CC(C)(C)c1ccc(C(=O)NN)cc1.Cc1cccc(/C=N/NC(=O)c2ccc(C(C)(C)C)cc2)c1.Cc1cccc(C=O)c1. The van der Waals surface area contributed by atoms with Gasteiger partial charge in [-0.1, -0.05) is 119 Å². The van der Waals surface area contributed by atoms with Crippen LogP contribution in [-0.2, 0) is 10.8 Å². The maximum absolute atomic E-state index is 12.0. The number of hydrazone groups is 1. The zero-order valence-corrected chi connectivity index (χ0v) is 27.6. The quantitative estimate of drug-likeness (QED) is 0.0720. The Morgan fingerprint density at radius 3 is 1.44 bits per heavy atom. The molecule has 0 aliphatic heterocycles. The van der Waals surface area contributed by atoms with Crippen molar-refractivity contribution < 1.29 is 14.4 Å². The van der Waals surface area contributed by atoms with Crippen molar-refractivity contribution in [2.45, 2.75) is 66.2 Å². The van der Waals surface area contributed by atoms with Crippen molar-refractivity contribution in [2.24, 2.45) is 10.9 Å². The van der Waals surface area contributed by atoms with Crippen molar-refractivity contribution in [3.05, 3.63) is 142 Å². The molecule has 0 fully saturated rings. The Balaban J connectivity index is 0.000000261. The fourth-order valence-electron chi connectivity index (χ4n) is 4.05. The molecule has 4 rings (SSSR count). The molecule has 0 aliphatic carbocycles. The average Bonchev–Trinajstić information content (AvgIpc) is 3.00. The van der Waals surface area contributed by atoms with Crippen molar-refractivity contribution in [1.29, 1.82) is 0 Å². The summed E-state index contributed by atoms with van der Waals surface area (Å²) in [5.74, 6) is 4.57. The van der Waals surface area contributed by atoms with Crippen LogP contribution in [0.5, 0.6) is 0 Å². The number of benzene rings is 4. The summed E-state index contributed by atoms with van der Waals surface area (Å²) < 4.78 is 0. The molecule has 0 saturated carbocycles. The molecule has 0 radical (unpaired) electrons. The molecule has 0 aromatic heterocycles. The maximum Gasteiger partial charge on any atom is 0.271 e. The number of amides is 2. The van der Waals surface area contributed by atoms with Gasteiger partial charge in [-0.2, -0.15) is 5.10 Å². The molecule has 7 nitrogen and oxygen atoms in total. The number of carbonyl (C=O) groups excluding carboxylic acids is 3. The first-order chi connectivity index (χ1) is 21.1. The fourth-order valence-corrected chi connectivity index (χ4v) is 4.05. The standard InChI is InChI=1S/C19H22N2O.C11H16N2O.C8H8O/c1-14-6-5-7-15(12-14)13-20-21-18(22)16-8-10-17(11-9-16)19(2,3)4;1-11(2,3)9-6-4-8(5-7-9)10(14)13-12;1-7-3-2-4-8(5-7)6-9/h5-13H,1-4H3,(H,21,22);4-7H,12H2,1-3H3,(H,13,14);2-6H,1H3/b20-13+;;. The normalized spacial score (nSPS) is 11.0. The van der Waals surface area contributed by atoms with E-state index in [0.717, 1.165) is 28.5 Å². The smallest absolute Gasteiger partial charge is 0.271 e. The van der Waals surface area contributed by atoms with E-state index in [4.69, 9.17) is 5.84 Å². The third-order valence-corrected chi connectivity index (χ3v) is 6.76. The number of nitrogens with one attached hydrogen (secondary N) is 2. The molecule has 0 heterocycles. The number of aryl methyl sites for hydroxylation is 2. The highest BCUT2D eigenvalue weighted by atomic mass is 16.2. The van der Waals surface area contributed by atoms with Crippen molar-refractivity contribution in [2.75, 3.05) is 0 Å². The van der Waals surface area contributed by atoms with E-state index in [1.54, 1.807) is 24.4 Å². The van der Waals surface area contributed by atoms with Crippen LogP contribution in [0.15, 0.2) is 102 Å². The van der Waals surface area contributed by atoms with Crippen LogP contribution >= 0.6 is 0 Å². The van der Waals surface area contributed by atoms with E-state index in [0.29, 0.717) is 11.1 Å². The summed E-state index contributed by atoms with van der Waals surface area (Å²) >= 11 is 0. The van der Waals surface area contributed by atoms with E-state index in [1.807, 2.05) is 92.7 Å².